The first-order valence-corrected chi connectivity index (χ1v) is 12.0. The van der Waals surface area contributed by atoms with Gasteiger partial charge in [-0.15, -0.1) is 11.3 Å². The van der Waals surface area contributed by atoms with E-state index in [2.05, 4.69) is 15.6 Å². The van der Waals surface area contributed by atoms with Gasteiger partial charge in [-0.1, -0.05) is 17.7 Å². The van der Waals surface area contributed by atoms with Gasteiger partial charge in [0.05, 0.1) is 12.8 Å². The minimum atomic E-state index is -4.57. The minimum absolute atomic E-state index is 0.155. The van der Waals surface area contributed by atoms with Crippen LogP contribution in [0.3, 0.4) is 0 Å². The number of hydrogen-bond acceptors (Lipinski definition) is 6. The molecule has 5 rings (SSSR count). The van der Waals surface area contributed by atoms with E-state index in [0.29, 0.717) is 33.2 Å². The number of alkyl halides is 3. The smallest absolute Gasteiger partial charge is 0.433 e. The maximum absolute atomic E-state index is 13.2. The van der Waals surface area contributed by atoms with E-state index in [-0.39, 0.29) is 22.2 Å². The number of pyridine rings is 1. The fourth-order valence-corrected chi connectivity index (χ4v) is 5.30. The van der Waals surface area contributed by atoms with Crippen molar-refractivity contribution in [1.29, 1.82) is 0 Å². The Bertz CT molecular complexity index is 1470. The molecule has 0 radical (unpaired) electrons. The second kappa shape index (κ2) is 9.18. The Kier molecular flexibility index (Phi) is 6.17. The lowest BCUT2D eigenvalue weighted by Gasteiger charge is -2.27. The number of ether oxygens (including phenoxy) is 2. The van der Waals surface area contributed by atoms with Crippen LogP contribution in [0.2, 0.25) is 5.02 Å². The number of amides is 1. The molecule has 1 amide bonds. The summed E-state index contributed by atoms with van der Waals surface area (Å²) in [5.74, 6) is 0.849. The molecule has 2 aromatic heterocycles. The Balaban J connectivity index is 1.46. The van der Waals surface area contributed by atoms with Crippen LogP contribution in [0.5, 0.6) is 11.5 Å². The first kappa shape index (κ1) is 24.2. The molecule has 2 aromatic carbocycles. The Morgan fingerprint density at radius 3 is 2.56 bits per heavy atom. The van der Waals surface area contributed by atoms with Crippen LogP contribution in [0.4, 0.5) is 18.9 Å². The molecule has 36 heavy (non-hydrogen) atoms. The maximum atomic E-state index is 13.2. The van der Waals surface area contributed by atoms with Crippen molar-refractivity contribution in [3.8, 4) is 11.5 Å². The summed E-state index contributed by atoms with van der Waals surface area (Å²) in [7, 11) is 1.55. The van der Waals surface area contributed by atoms with Crippen molar-refractivity contribution in [3.63, 3.8) is 0 Å². The molecule has 6 nitrogen and oxygen atoms in total. The van der Waals surface area contributed by atoms with Gasteiger partial charge in [-0.25, -0.2) is 4.98 Å². The van der Waals surface area contributed by atoms with E-state index in [1.54, 1.807) is 50.4 Å². The highest BCUT2D eigenvalue weighted by Gasteiger charge is 2.35. The highest BCUT2D eigenvalue weighted by atomic mass is 35.5. The number of halogens is 4. The van der Waals surface area contributed by atoms with Crippen molar-refractivity contribution in [2.75, 3.05) is 12.4 Å². The monoisotopic (exact) mass is 533 g/mol. The molecule has 1 aliphatic rings. The molecular weight excluding hydrogens is 515 g/mol. The van der Waals surface area contributed by atoms with Gasteiger partial charge < -0.3 is 20.1 Å². The van der Waals surface area contributed by atoms with E-state index in [1.165, 1.54) is 0 Å². The van der Waals surface area contributed by atoms with Crippen LogP contribution in [0, 0.1) is 6.92 Å². The van der Waals surface area contributed by atoms with Gasteiger partial charge in [0.15, 0.2) is 0 Å². The lowest BCUT2D eigenvalue weighted by atomic mass is 10.0. The largest absolute Gasteiger partial charge is 0.496 e. The number of aromatic nitrogens is 1. The van der Waals surface area contributed by atoms with E-state index in [1.807, 2.05) is 6.07 Å². The molecule has 2 N–H and O–H groups in total. The average molecular weight is 534 g/mol. The predicted molar refractivity (Wildman–Crippen MR) is 132 cm³/mol. The third kappa shape index (κ3) is 4.54. The number of benzene rings is 2. The van der Waals surface area contributed by atoms with Crippen LogP contribution in [-0.2, 0) is 12.8 Å². The first-order valence-electron chi connectivity index (χ1n) is 10.8. The summed E-state index contributed by atoms with van der Waals surface area (Å²) in [6.07, 6.45) is -5.19. The number of nitrogens with one attached hydrogen (secondary N) is 2. The number of methoxy groups -OCH3 is 1. The Morgan fingerprint density at radius 2 is 1.86 bits per heavy atom. The molecule has 0 spiro atoms. The molecule has 186 valence electrons. The highest BCUT2D eigenvalue weighted by molar-refractivity contribution is 7.21. The fraction of sp³-hybridized carbons (Fsp3) is 0.200. The van der Waals surface area contributed by atoms with Crippen LogP contribution in [0.25, 0.3) is 10.2 Å². The predicted octanol–water partition coefficient (Wildman–Crippen LogP) is 6.72. The van der Waals surface area contributed by atoms with Gasteiger partial charge in [-0.2, -0.15) is 13.2 Å². The van der Waals surface area contributed by atoms with Crippen molar-refractivity contribution >= 4 is 44.7 Å². The molecule has 1 aliphatic heterocycles. The molecular formula is C25H19ClF3N3O3S. The lowest BCUT2D eigenvalue weighted by molar-refractivity contribution is -0.141. The van der Waals surface area contributed by atoms with Gasteiger partial charge in [-0.3, -0.25) is 4.79 Å². The van der Waals surface area contributed by atoms with Gasteiger partial charge in [0.2, 0.25) is 0 Å². The van der Waals surface area contributed by atoms with E-state index in [4.69, 9.17) is 21.1 Å². The first-order chi connectivity index (χ1) is 17.1. The number of rotatable bonds is 5. The third-order valence-electron chi connectivity index (χ3n) is 5.77. The van der Waals surface area contributed by atoms with Gasteiger partial charge in [0.1, 0.15) is 39.7 Å². The molecule has 0 saturated heterocycles. The summed E-state index contributed by atoms with van der Waals surface area (Å²) in [5, 5.41) is 7.25. The van der Waals surface area contributed by atoms with Crippen LogP contribution < -0.4 is 20.1 Å². The molecule has 0 aliphatic carbocycles. The number of fused-ring (bicyclic) bond motifs is 3. The average Bonchev–Trinajstić information content (AvgIpc) is 3.23. The molecule has 4 aromatic rings. The van der Waals surface area contributed by atoms with Crippen LogP contribution in [0.1, 0.15) is 38.2 Å². The van der Waals surface area contributed by atoms with Gasteiger partial charge in [-0.05, 0) is 60.5 Å². The standard InChI is InChI=1S/C25H19ClF3N3O3S/c1-12-9-18(25(27,28)29)30-24-19(12)20-21(36-24)23(33)32-22(31-20)13-3-8-17(34-2)14(10-13)11-35-16-6-4-15(26)5-7-16/h3-10,22,31H,11H2,1-2H3,(H,32,33). The molecule has 1 unspecified atom stereocenters. The number of thiophene rings is 1. The molecule has 11 heteroatoms. The van der Waals surface area contributed by atoms with Gasteiger partial charge in [0.25, 0.3) is 5.91 Å². The Morgan fingerprint density at radius 1 is 1.11 bits per heavy atom. The number of nitrogens with zero attached hydrogens (tertiary/aromatic N) is 1. The van der Waals surface area contributed by atoms with Crippen molar-refractivity contribution in [3.05, 3.63) is 80.8 Å². The summed E-state index contributed by atoms with van der Waals surface area (Å²) in [5.41, 5.74) is 1.34. The van der Waals surface area contributed by atoms with Crippen LogP contribution in [0.15, 0.2) is 48.5 Å². The summed E-state index contributed by atoms with van der Waals surface area (Å²) in [6.45, 7) is 1.78. The molecule has 0 bridgehead atoms. The zero-order chi connectivity index (χ0) is 25.6. The van der Waals surface area contributed by atoms with E-state index in [0.717, 1.165) is 28.5 Å². The van der Waals surface area contributed by atoms with Crippen molar-refractivity contribution in [2.45, 2.75) is 25.9 Å². The normalized spacial score (nSPS) is 15.3. The summed E-state index contributed by atoms with van der Waals surface area (Å²) < 4.78 is 51.1. The number of carbonyl (C=O) groups excluding carboxylic acids is 1. The highest BCUT2D eigenvalue weighted by Crippen LogP contribution is 2.43. The second-order valence-corrected chi connectivity index (χ2v) is 9.61. The zero-order valence-electron chi connectivity index (χ0n) is 19.0. The van der Waals surface area contributed by atoms with Gasteiger partial charge >= 0.3 is 6.18 Å². The number of anilines is 1. The van der Waals surface area contributed by atoms with Crippen LogP contribution >= 0.6 is 22.9 Å². The van der Waals surface area contributed by atoms with E-state index < -0.39 is 18.0 Å². The maximum Gasteiger partial charge on any atom is 0.433 e. The summed E-state index contributed by atoms with van der Waals surface area (Å²) in [6, 6.07) is 13.4. The number of carbonyl (C=O) groups is 1. The van der Waals surface area contributed by atoms with Crippen LogP contribution in [-0.4, -0.2) is 18.0 Å². The summed E-state index contributed by atoms with van der Waals surface area (Å²) in [4.78, 5) is 17.1. The quantitative estimate of drug-likeness (QED) is 0.298. The second-order valence-electron chi connectivity index (χ2n) is 8.17. The third-order valence-corrected chi connectivity index (χ3v) is 7.10. The Hall–Kier alpha value is -3.50. The SMILES string of the molecule is COc1ccc(C2NC(=O)c3sc4nc(C(F)(F)F)cc(C)c4c3N2)cc1COc1ccc(Cl)cc1. The molecule has 0 fully saturated rings. The van der Waals surface area contributed by atoms with Gasteiger partial charge in [0, 0.05) is 16.0 Å². The molecule has 1 atom stereocenters. The topological polar surface area (TPSA) is 72.5 Å². The molecule has 3 heterocycles. The number of aryl methyl sites for hydroxylation is 1. The summed E-state index contributed by atoms with van der Waals surface area (Å²) >= 11 is 6.86. The number of hydrogen-bond donors (Lipinski definition) is 2. The fourth-order valence-electron chi connectivity index (χ4n) is 4.05. The molecule has 0 saturated carbocycles. The zero-order valence-corrected chi connectivity index (χ0v) is 20.6. The Labute approximate surface area is 213 Å². The van der Waals surface area contributed by atoms with E-state index in [9.17, 15) is 18.0 Å². The minimum Gasteiger partial charge on any atom is -0.496 e. The lowest BCUT2D eigenvalue weighted by Crippen LogP contribution is -2.37. The van der Waals surface area contributed by atoms with Crippen molar-refractivity contribution in [1.82, 2.24) is 10.3 Å². The van der Waals surface area contributed by atoms with E-state index >= 15 is 0 Å². The van der Waals surface area contributed by atoms with Crippen molar-refractivity contribution in [2.24, 2.45) is 0 Å². The van der Waals surface area contributed by atoms with Crippen molar-refractivity contribution < 1.29 is 27.4 Å².